The van der Waals surface area contributed by atoms with Crippen LogP contribution in [0.3, 0.4) is 0 Å². The van der Waals surface area contributed by atoms with E-state index in [4.69, 9.17) is 9.15 Å². The monoisotopic (exact) mass is 386 g/mol. The number of benzene rings is 1. The molecule has 1 aromatic heterocycles. The normalized spacial score (nSPS) is 15.4. The Morgan fingerprint density at radius 2 is 2.11 bits per heavy atom. The molecular formula is C18H14N2O6S. The predicted molar refractivity (Wildman–Crippen MR) is 100 cm³/mol. The summed E-state index contributed by atoms with van der Waals surface area (Å²) in [6, 6.07) is 7.38. The van der Waals surface area contributed by atoms with Gasteiger partial charge in [0.1, 0.15) is 17.3 Å². The average Bonchev–Trinajstić information content (AvgIpc) is 3.22. The van der Waals surface area contributed by atoms with Crippen LogP contribution in [-0.4, -0.2) is 34.6 Å². The molecule has 138 valence electrons. The second-order valence-electron chi connectivity index (χ2n) is 5.42. The first-order valence-corrected chi connectivity index (χ1v) is 8.55. The van der Waals surface area contributed by atoms with Gasteiger partial charge in [0.25, 0.3) is 16.8 Å². The summed E-state index contributed by atoms with van der Waals surface area (Å²) < 4.78 is 10.9. The lowest BCUT2D eigenvalue weighted by atomic mass is 10.1. The van der Waals surface area contributed by atoms with Gasteiger partial charge in [-0.05, 0) is 30.0 Å². The van der Waals surface area contributed by atoms with E-state index in [2.05, 4.69) is 6.58 Å². The van der Waals surface area contributed by atoms with Crippen LogP contribution in [0.4, 0.5) is 10.5 Å². The highest BCUT2D eigenvalue weighted by Gasteiger charge is 2.34. The summed E-state index contributed by atoms with van der Waals surface area (Å²) in [7, 11) is 1.45. The standard InChI is InChI=1S/C18H14N2O6S/c1-3-8-19-17(21)16(27-18(19)22)10-12-5-7-15(26-12)13-9-11(20(23)24)4-6-14(13)25-2/h3-7,9-10H,1,8H2,2H3/b16-10+. The van der Waals surface area contributed by atoms with E-state index in [9.17, 15) is 19.7 Å². The molecule has 0 aliphatic carbocycles. The number of ether oxygens (including phenoxy) is 1. The fourth-order valence-electron chi connectivity index (χ4n) is 2.49. The summed E-state index contributed by atoms with van der Waals surface area (Å²) >= 11 is 0.812. The van der Waals surface area contributed by atoms with Gasteiger partial charge in [0.15, 0.2) is 0 Å². The number of non-ortho nitro benzene ring substituents is 1. The number of carbonyl (C=O) groups is 2. The molecule has 1 aliphatic heterocycles. The molecule has 0 N–H and O–H groups in total. The molecule has 9 heteroatoms. The lowest BCUT2D eigenvalue weighted by molar-refractivity contribution is -0.384. The number of nitro groups is 1. The molecule has 0 unspecified atom stereocenters. The quantitative estimate of drug-likeness (QED) is 0.319. The molecule has 1 aromatic carbocycles. The molecule has 2 heterocycles. The van der Waals surface area contributed by atoms with Gasteiger partial charge < -0.3 is 9.15 Å². The maximum absolute atomic E-state index is 12.2. The first-order chi connectivity index (χ1) is 12.9. The molecule has 3 rings (SSSR count). The van der Waals surface area contributed by atoms with E-state index in [0.29, 0.717) is 22.8 Å². The van der Waals surface area contributed by atoms with E-state index < -0.39 is 10.8 Å². The second kappa shape index (κ2) is 7.50. The van der Waals surface area contributed by atoms with Crippen LogP contribution in [0, 0.1) is 10.1 Å². The predicted octanol–water partition coefficient (Wildman–Crippen LogP) is 4.09. The Kier molecular flexibility index (Phi) is 5.13. The van der Waals surface area contributed by atoms with Crippen molar-refractivity contribution < 1.29 is 23.7 Å². The highest BCUT2D eigenvalue weighted by molar-refractivity contribution is 8.18. The second-order valence-corrected chi connectivity index (χ2v) is 6.42. The van der Waals surface area contributed by atoms with Crippen LogP contribution >= 0.6 is 11.8 Å². The Morgan fingerprint density at radius 3 is 2.78 bits per heavy atom. The third-order valence-corrected chi connectivity index (χ3v) is 4.65. The zero-order valence-corrected chi connectivity index (χ0v) is 15.0. The van der Waals surface area contributed by atoms with Crippen molar-refractivity contribution in [2.24, 2.45) is 0 Å². The molecule has 2 aromatic rings. The minimum atomic E-state index is -0.512. The summed E-state index contributed by atoms with van der Waals surface area (Å²) in [5.41, 5.74) is 0.306. The van der Waals surface area contributed by atoms with E-state index in [-0.39, 0.29) is 22.4 Å². The third-order valence-electron chi connectivity index (χ3n) is 3.74. The van der Waals surface area contributed by atoms with Gasteiger partial charge in [0, 0.05) is 24.8 Å². The Labute approximate surface area is 158 Å². The number of rotatable bonds is 6. The van der Waals surface area contributed by atoms with Crippen LogP contribution in [0.15, 0.2) is 52.3 Å². The van der Waals surface area contributed by atoms with Gasteiger partial charge in [-0.15, -0.1) is 6.58 Å². The first kappa shape index (κ1) is 18.5. The van der Waals surface area contributed by atoms with Crippen LogP contribution < -0.4 is 4.74 Å². The lowest BCUT2D eigenvalue weighted by Gasteiger charge is -2.07. The molecule has 1 saturated heterocycles. The number of thioether (sulfide) groups is 1. The van der Waals surface area contributed by atoms with E-state index in [1.165, 1.54) is 37.5 Å². The number of hydrogen-bond donors (Lipinski definition) is 0. The number of nitrogens with zero attached hydrogens (tertiary/aromatic N) is 2. The SMILES string of the molecule is C=CCN1C(=O)S/C(=C/c2ccc(-c3cc([N+](=O)[O-])ccc3OC)o2)C1=O. The van der Waals surface area contributed by atoms with Crippen molar-refractivity contribution in [2.45, 2.75) is 0 Å². The topological polar surface area (TPSA) is 103 Å². The van der Waals surface area contributed by atoms with Crippen LogP contribution in [0.2, 0.25) is 0 Å². The molecule has 0 spiro atoms. The van der Waals surface area contributed by atoms with Crippen molar-refractivity contribution in [3.8, 4) is 17.1 Å². The minimum Gasteiger partial charge on any atom is -0.496 e. The summed E-state index contributed by atoms with van der Waals surface area (Å²) in [6.45, 7) is 3.66. The number of carbonyl (C=O) groups excluding carboxylic acids is 2. The van der Waals surface area contributed by atoms with Gasteiger partial charge in [-0.3, -0.25) is 24.6 Å². The van der Waals surface area contributed by atoms with Crippen molar-refractivity contribution in [2.75, 3.05) is 13.7 Å². The average molecular weight is 386 g/mol. The fraction of sp³-hybridized carbons (Fsp3) is 0.111. The van der Waals surface area contributed by atoms with Crippen LogP contribution in [0.25, 0.3) is 17.4 Å². The zero-order valence-electron chi connectivity index (χ0n) is 14.2. The minimum absolute atomic E-state index is 0.103. The molecule has 1 fully saturated rings. The Morgan fingerprint density at radius 1 is 1.33 bits per heavy atom. The number of furan rings is 1. The van der Waals surface area contributed by atoms with Gasteiger partial charge in [-0.25, -0.2) is 0 Å². The van der Waals surface area contributed by atoms with E-state index in [0.717, 1.165) is 16.7 Å². The van der Waals surface area contributed by atoms with Gasteiger partial charge in [-0.1, -0.05) is 6.08 Å². The van der Waals surface area contributed by atoms with Gasteiger partial charge in [0.2, 0.25) is 0 Å². The Balaban J connectivity index is 1.93. The largest absolute Gasteiger partial charge is 0.496 e. The summed E-state index contributed by atoms with van der Waals surface area (Å²) in [4.78, 5) is 35.9. The van der Waals surface area contributed by atoms with E-state index >= 15 is 0 Å². The molecular weight excluding hydrogens is 372 g/mol. The highest BCUT2D eigenvalue weighted by atomic mass is 32.2. The highest BCUT2D eigenvalue weighted by Crippen LogP contribution is 2.36. The summed E-state index contributed by atoms with van der Waals surface area (Å²) in [6.07, 6.45) is 2.93. The van der Waals surface area contributed by atoms with Crippen molar-refractivity contribution in [3.63, 3.8) is 0 Å². The number of hydrogen-bond acceptors (Lipinski definition) is 7. The molecule has 0 atom stereocenters. The molecule has 1 aliphatic rings. The van der Waals surface area contributed by atoms with Crippen LogP contribution in [0.5, 0.6) is 5.75 Å². The molecule has 0 bridgehead atoms. The molecule has 27 heavy (non-hydrogen) atoms. The zero-order chi connectivity index (χ0) is 19.6. The third kappa shape index (κ3) is 3.63. The molecule has 8 nitrogen and oxygen atoms in total. The van der Waals surface area contributed by atoms with Crippen molar-refractivity contribution >= 4 is 34.7 Å². The van der Waals surface area contributed by atoms with E-state index in [1.807, 2.05) is 0 Å². The lowest BCUT2D eigenvalue weighted by Crippen LogP contribution is -2.27. The van der Waals surface area contributed by atoms with Crippen molar-refractivity contribution in [1.29, 1.82) is 0 Å². The molecule has 0 radical (unpaired) electrons. The van der Waals surface area contributed by atoms with Crippen LogP contribution in [0.1, 0.15) is 5.76 Å². The smallest absolute Gasteiger partial charge is 0.293 e. The number of methoxy groups -OCH3 is 1. The number of imide groups is 1. The maximum atomic E-state index is 12.2. The van der Waals surface area contributed by atoms with Crippen molar-refractivity contribution in [1.82, 2.24) is 4.90 Å². The van der Waals surface area contributed by atoms with Gasteiger partial charge >= 0.3 is 0 Å². The fourth-order valence-corrected chi connectivity index (χ4v) is 3.32. The number of amides is 2. The Bertz CT molecular complexity index is 978. The van der Waals surface area contributed by atoms with E-state index in [1.54, 1.807) is 12.1 Å². The maximum Gasteiger partial charge on any atom is 0.293 e. The Hall–Kier alpha value is -3.33. The molecule has 0 saturated carbocycles. The van der Waals surface area contributed by atoms with Gasteiger partial charge in [0.05, 0.1) is 22.5 Å². The van der Waals surface area contributed by atoms with Gasteiger partial charge in [-0.2, -0.15) is 0 Å². The summed E-state index contributed by atoms with van der Waals surface area (Å²) in [5.74, 6) is 0.665. The van der Waals surface area contributed by atoms with Crippen molar-refractivity contribution in [3.05, 3.63) is 63.8 Å². The first-order valence-electron chi connectivity index (χ1n) is 7.73. The molecule has 2 amide bonds. The number of nitro benzene ring substituents is 1. The van der Waals surface area contributed by atoms with Crippen LogP contribution in [-0.2, 0) is 4.79 Å². The summed E-state index contributed by atoms with van der Waals surface area (Å²) in [5, 5.41) is 10.6.